The second kappa shape index (κ2) is 8.52. The largest absolute Gasteiger partial charge is 0.316 e. The van der Waals surface area contributed by atoms with Crippen LogP contribution in [0.3, 0.4) is 0 Å². The molecule has 0 spiro atoms. The van der Waals surface area contributed by atoms with Crippen LogP contribution >= 0.6 is 34.7 Å². The highest BCUT2D eigenvalue weighted by Gasteiger charge is 2.10. The summed E-state index contributed by atoms with van der Waals surface area (Å²) in [4.78, 5) is 18.0. The van der Waals surface area contributed by atoms with Gasteiger partial charge in [0.05, 0.1) is 16.6 Å². The molecule has 1 heterocycles. The first kappa shape index (κ1) is 19.2. The number of benzene rings is 3. The smallest absolute Gasteiger partial charge is 0.252 e. The van der Waals surface area contributed by atoms with Gasteiger partial charge in [-0.2, -0.15) is 16.8 Å². The lowest BCUT2D eigenvalue weighted by atomic mass is 10.0. The van der Waals surface area contributed by atoms with Crippen molar-refractivity contribution in [3.05, 3.63) is 76.1 Å². The summed E-state index contributed by atoms with van der Waals surface area (Å²) >= 11 is 9.44. The Balaban J connectivity index is 1.73. The van der Waals surface area contributed by atoms with Crippen molar-refractivity contribution in [3.63, 3.8) is 0 Å². The third-order valence-electron chi connectivity index (χ3n) is 4.61. The number of thioether (sulfide) groups is 1. The first-order chi connectivity index (χ1) is 13.7. The summed E-state index contributed by atoms with van der Waals surface area (Å²) in [5.74, 6) is 0.825. The molecule has 4 rings (SSSR count). The summed E-state index contributed by atoms with van der Waals surface area (Å²) in [7, 11) is 0. The molecule has 1 aromatic heterocycles. The monoisotopic (exact) mass is 426 g/mol. The fourth-order valence-electron chi connectivity index (χ4n) is 3.29. The SMILES string of the molecule is CSCCn1c(=NC(=O)Cc2cccc3ccccc23)sc2cc(Cl)ccc21. The lowest BCUT2D eigenvalue weighted by Gasteiger charge is -2.05. The van der Waals surface area contributed by atoms with E-state index in [0.717, 1.165) is 43.7 Å². The Kier molecular flexibility index (Phi) is 5.85. The van der Waals surface area contributed by atoms with Gasteiger partial charge in [0.1, 0.15) is 0 Å². The van der Waals surface area contributed by atoms with Gasteiger partial charge < -0.3 is 4.57 Å². The van der Waals surface area contributed by atoms with Crippen molar-refractivity contribution in [1.29, 1.82) is 0 Å². The molecule has 1 amide bonds. The molecule has 0 unspecified atom stereocenters. The van der Waals surface area contributed by atoms with Gasteiger partial charge in [-0.1, -0.05) is 65.4 Å². The van der Waals surface area contributed by atoms with Gasteiger partial charge in [0.25, 0.3) is 5.91 Å². The van der Waals surface area contributed by atoms with Crippen molar-refractivity contribution in [2.45, 2.75) is 13.0 Å². The number of nitrogens with zero attached hydrogens (tertiary/aromatic N) is 2. The molecular formula is C22H19ClN2OS2. The zero-order chi connectivity index (χ0) is 19.5. The topological polar surface area (TPSA) is 34.4 Å². The molecule has 3 aromatic carbocycles. The molecule has 6 heteroatoms. The van der Waals surface area contributed by atoms with Gasteiger partial charge in [-0.15, -0.1) is 0 Å². The Hall–Kier alpha value is -2.08. The molecule has 0 atom stereocenters. The van der Waals surface area contributed by atoms with Crippen molar-refractivity contribution in [1.82, 2.24) is 4.57 Å². The minimum atomic E-state index is -0.132. The van der Waals surface area contributed by atoms with E-state index in [1.807, 2.05) is 42.5 Å². The molecule has 0 N–H and O–H groups in total. The Morgan fingerprint density at radius 3 is 2.82 bits per heavy atom. The number of rotatable bonds is 5. The maximum Gasteiger partial charge on any atom is 0.252 e. The predicted molar refractivity (Wildman–Crippen MR) is 121 cm³/mol. The quantitative estimate of drug-likeness (QED) is 0.419. The number of hydrogen-bond acceptors (Lipinski definition) is 3. The van der Waals surface area contributed by atoms with Gasteiger partial charge in [-0.05, 0) is 40.8 Å². The third-order valence-corrected chi connectivity index (χ3v) is 6.47. The van der Waals surface area contributed by atoms with Crippen LogP contribution in [0.5, 0.6) is 0 Å². The van der Waals surface area contributed by atoms with Crippen LogP contribution in [0.1, 0.15) is 5.56 Å². The molecule has 0 saturated carbocycles. The second-order valence-corrected chi connectivity index (χ2v) is 8.89. The average molecular weight is 427 g/mol. The van der Waals surface area contributed by atoms with Crippen LogP contribution in [-0.2, 0) is 17.8 Å². The van der Waals surface area contributed by atoms with Crippen molar-refractivity contribution < 1.29 is 4.79 Å². The van der Waals surface area contributed by atoms with Gasteiger partial charge >= 0.3 is 0 Å². The summed E-state index contributed by atoms with van der Waals surface area (Å²) < 4.78 is 3.17. The number of thiazole rings is 1. The number of halogens is 1. The molecule has 0 radical (unpaired) electrons. The molecule has 0 aliphatic rings. The molecule has 0 saturated heterocycles. The molecular weight excluding hydrogens is 408 g/mol. The zero-order valence-corrected chi connectivity index (χ0v) is 17.8. The average Bonchev–Trinajstić information content (AvgIpc) is 3.02. The minimum absolute atomic E-state index is 0.132. The van der Waals surface area contributed by atoms with Crippen LogP contribution in [0.15, 0.2) is 65.7 Å². The number of aromatic nitrogens is 1. The number of fused-ring (bicyclic) bond motifs is 2. The molecule has 28 heavy (non-hydrogen) atoms. The second-order valence-electron chi connectivity index (χ2n) is 6.46. The molecule has 0 aliphatic heterocycles. The van der Waals surface area contributed by atoms with Crippen molar-refractivity contribution in [3.8, 4) is 0 Å². The van der Waals surface area contributed by atoms with E-state index in [1.165, 1.54) is 11.3 Å². The highest BCUT2D eigenvalue weighted by Crippen LogP contribution is 2.23. The summed E-state index contributed by atoms with van der Waals surface area (Å²) in [5.41, 5.74) is 2.08. The lowest BCUT2D eigenvalue weighted by molar-refractivity contribution is -0.117. The molecule has 0 aliphatic carbocycles. The van der Waals surface area contributed by atoms with Crippen molar-refractivity contribution >= 4 is 61.6 Å². The standard InChI is InChI=1S/C22H19ClN2OS2/c1-27-12-11-25-19-10-9-17(23)14-20(19)28-22(25)24-21(26)13-16-7-4-6-15-5-2-3-8-18(15)16/h2-10,14H,11-13H2,1H3. The van der Waals surface area contributed by atoms with Crippen molar-refractivity contribution in [2.24, 2.45) is 4.99 Å². The van der Waals surface area contributed by atoms with Gasteiger partial charge in [0.15, 0.2) is 4.80 Å². The van der Waals surface area contributed by atoms with E-state index in [-0.39, 0.29) is 5.91 Å². The van der Waals surface area contributed by atoms with E-state index >= 15 is 0 Å². The molecule has 0 bridgehead atoms. The summed E-state index contributed by atoms with van der Waals surface area (Å²) in [6.07, 6.45) is 2.37. The third kappa shape index (κ3) is 4.02. The van der Waals surface area contributed by atoms with Gasteiger partial charge in [-0.3, -0.25) is 4.79 Å². The Morgan fingerprint density at radius 2 is 1.96 bits per heavy atom. The van der Waals surface area contributed by atoms with Crippen LogP contribution < -0.4 is 4.80 Å². The molecule has 4 aromatic rings. The fraction of sp³-hybridized carbons (Fsp3) is 0.182. The van der Waals surface area contributed by atoms with Gasteiger partial charge in [-0.25, -0.2) is 0 Å². The van der Waals surface area contributed by atoms with Crippen LogP contribution in [0.25, 0.3) is 21.0 Å². The van der Waals surface area contributed by atoms with E-state index in [9.17, 15) is 4.79 Å². The number of carbonyl (C=O) groups is 1. The number of hydrogen-bond donors (Lipinski definition) is 0. The van der Waals surface area contributed by atoms with E-state index < -0.39 is 0 Å². The summed E-state index contributed by atoms with van der Waals surface area (Å²) in [5, 5.41) is 2.94. The Labute approximate surface area is 176 Å². The minimum Gasteiger partial charge on any atom is -0.316 e. The molecule has 3 nitrogen and oxygen atoms in total. The molecule has 142 valence electrons. The summed E-state index contributed by atoms with van der Waals surface area (Å²) in [6, 6.07) is 20.0. The first-order valence-corrected chi connectivity index (χ1v) is 11.6. The van der Waals surface area contributed by atoms with Crippen LogP contribution in [-0.4, -0.2) is 22.5 Å². The number of aryl methyl sites for hydroxylation is 1. The van der Waals surface area contributed by atoms with E-state index in [1.54, 1.807) is 11.8 Å². The van der Waals surface area contributed by atoms with Crippen LogP contribution in [0.4, 0.5) is 0 Å². The Morgan fingerprint density at radius 1 is 1.14 bits per heavy atom. The maximum absolute atomic E-state index is 12.8. The highest BCUT2D eigenvalue weighted by molar-refractivity contribution is 7.98. The lowest BCUT2D eigenvalue weighted by Crippen LogP contribution is -2.18. The van der Waals surface area contributed by atoms with Crippen LogP contribution in [0, 0.1) is 0 Å². The highest BCUT2D eigenvalue weighted by atomic mass is 35.5. The number of carbonyl (C=O) groups excluding carboxylic acids is 1. The maximum atomic E-state index is 12.8. The molecule has 0 fully saturated rings. The first-order valence-electron chi connectivity index (χ1n) is 8.98. The fourth-order valence-corrected chi connectivity index (χ4v) is 5.00. The van der Waals surface area contributed by atoms with Gasteiger partial charge in [0.2, 0.25) is 0 Å². The van der Waals surface area contributed by atoms with E-state index in [4.69, 9.17) is 11.6 Å². The van der Waals surface area contributed by atoms with Crippen molar-refractivity contribution in [2.75, 3.05) is 12.0 Å². The normalized spacial score (nSPS) is 12.1. The number of amides is 1. The van der Waals surface area contributed by atoms with Crippen LogP contribution in [0.2, 0.25) is 5.02 Å². The van der Waals surface area contributed by atoms with Gasteiger partial charge in [0, 0.05) is 17.3 Å². The Bertz CT molecular complexity index is 1220. The zero-order valence-electron chi connectivity index (χ0n) is 15.4. The van der Waals surface area contributed by atoms with E-state index in [0.29, 0.717) is 11.4 Å². The summed E-state index contributed by atoms with van der Waals surface area (Å²) in [6.45, 7) is 0.809. The van der Waals surface area contributed by atoms with E-state index in [2.05, 4.69) is 34.0 Å². The predicted octanol–water partition coefficient (Wildman–Crippen LogP) is 5.54.